The van der Waals surface area contributed by atoms with E-state index in [1.807, 2.05) is 0 Å². The fraction of sp³-hybridized carbons (Fsp3) is 0.647. The number of fused-ring (bicyclic) bond motifs is 1. The molecule has 1 aliphatic carbocycles. The summed E-state index contributed by atoms with van der Waals surface area (Å²) in [6.07, 6.45) is 6.78. The Labute approximate surface area is 112 Å². The van der Waals surface area contributed by atoms with Gasteiger partial charge in [-0.05, 0) is 68.2 Å². The van der Waals surface area contributed by atoms with Gasteiger partial charge in [-0.2, -0.15) is 0 Å². The third kappa shape index (κ3) is 3.58. The molecule has 1 N–H and O–H groups in total. The van der Waals surface area contributed by atoms with E-state index in [2.05, 4.69) is 43.4 Å². The molecule has 2 atom stereocenters. The van der Waals surface area contributed by atoms with Crippen molar-refractivity contribution in [3.63, 3.8) is 0 Å². The van der Waals surface area contributed by atoms with Crippen LogP contribution in [-0.4, -0.2) is 13.1 Å². The van der Waals surface area contributed by atoms with E-state index in [-0.39, 0.29) is 0 Å². The van der Waals surface area contributed by atoms with Crippen LogP contribution in [0.15, 0.2) is 24.3 Å². The maximum absolute atomic E-state index is 3.45. The minimum Gasteiger partial charge on any atom is -0.317 e. The minimum absolute atomic E-state index is 0.805. The number of hydrogen-bond acceptors (Lipinski definition) is 1. The second-order valence-electron chi connectivity index (χ2n) is 5.78. The van der Waals surface area contributed by atoms with Crippen molar-refractivity contribution in [1.29, 1.82) is 0 Å². The second kappa shape index (κ2) is 6.94. The molecule has 1 aromatic rings. The molecule has 0 spiro atoms. The van der Waals surface area contributed by atoms with Gasteiger partial charge in [0, 0.05) is 0 Å². The summed E-state index contributed by atoms with van der Waals surface area (Å²) >= 11 is 0. The molecule has 0 saturated carbocycles. The lowest BCUT2D eigenvalue weighted by molar-refractivity contribution is 0.422. The summed E-state index contributed by atoms with van der Waals surface area (Å²) in [4.78, 5) is 0. The zero-order valence-electron chi connectivity index (χ0n) is 11.9. The van der Waals surface area contributed by atoms with E-state index < -0.39 is 0 Å². The van der Waals surface area contributed by atoms with Gasteiger partial charge in [-0.3, -0.25) is 0 Å². The van der Waals surface area contributed by atoms with Crippen molar-refractivity contribution < 1.29 is 0 Å². The summed E-state index contributed by atoms with van der Waals surface area (Å²) in [6.45, 7) is 6.82. The van der Waals surface area contributed by atoms with Gasteiger partial charge >= 0.3 is 0 Å². The Morgan fingerprint density at radius 1 is 1.33 bits per heavy atom. The highest BCUT2D eigenvalue weighted by Gasteiger charge is 2.19. The predicted molar refractivity (Wildman–Crippen MR) is 79.1 cm³/mol. The van der Waals surface area contributed by atoms with Crippen LogP contribution in [0.3, 0.4) is 0 Å². The molecule has 0 aromatic heterocycles. The van der Waals surface area contributed by atoms with Gasteiger partial charge in [0.05, 0.1) is 0 Å². The summed E-state index contributed by atoms with van der Waals surface area (Å²) in [7, 11) is 0. The third-order valence-electron chi connectivity index (χ3n) is 4.24. The first-order valence-corrected chi connectivity index (χ1v) is 7.59. The number of hydrogen-bond donors (Lipinski definition) is 1. The lowest BCUT2D eigenvalue weighted by atomic mass is 9.79. The molecule has 1 aliphatic rings. The summed E-state index contributed by atoms with van der Waals surface area (Å²) in [5.74, 6) is 1.62. The molecule has 2 rings (SSSR count). The van der Waals surface area contributed by atoms with Crippen molar-refractivity contribution in [2.24, 2.45) is 5.92 Å². The molecule has 1 aromatic carbocycles. The largest absolute Gasteiger partial charge is 0.317 e. The van der Waals surface area contributed by atoms with Gasteiger partial charge in [0.2, 0.25) is 0 Å². The van der Waals surface area contributed by atoms with Gasteiger partial charge < -0.3 is 5.32 Å². The summed E-state index contributed by atoms with van der Waals surface area (Å²) in [5.41, 5.74) is 3.24. The summed E-state index contributed by atoms with van der Waals surface area (Å²) in [5, 5.41) is 3.45. The topological polar surface area (TPSA) is 12.0 Å². The molecule has 1 heteroatoms. The molecule has 0 saturated heterocycles. The molecule has 0 amide bonds. The van der Waals surface area contributed by atoms with Crippen LogP contribution in [0.2, 0.25) is 0 Å². The van der Waals surface area contributed by atoms with Gasteiger partial charge in [-0.25, -0.2) is 0 Å². The molecular weight excluding hydrogens is 218 g/mol. The maximum atomic E-state index is 3.45. The van der Waals surface area contributed by atoms with Crippen LogP contribution in [0.4, 0.5) is 0 Å². The van der Waals surface area contributed by atoms with Crippen molar-refractivity contribution in [3.05, 3.63) is 35.4 Å². The van der Waals surface area contributed by atoms with Crippen molar-refractivity contribution in [2.75, 3.05) is 13.1 Å². The first-order chi connectivity index (χ1) is 8.81. The molecule has 100 valence electrons. The van der Waals surface area contributed by atoms with Gasteiger partial charge in [-0.1, -0.05) is 38.1 Å². The molecule has 18 heavy (non-hydrogen) atoms. The quantitative estimate of drug-likeness (QED) is 0.794. The SMILES string of the molecule is CCNCC(C)CCC1CCCc2ccccc21. The molecule has 0 fully saturated rings. The first-order valence-electron chi connectivity index (χ1n) is 7.59. The molecular formula is C17H27N. The summed E-state index contributed by atoms with van der Waals surface area (Å²) in [6, 6.07) is 9.08. The Morgan fingerprint density at radius 2 is 2.17 bits per heavy atom. The van der Waals surface area contributed by atoms with E-state index in [4.69, 9.17) is 0 Å². The monoisotopic (exact) mass is 245 g/mol. The van der Waals surface area contributed by atoms with E-state index in [0.717, 1.165) is 18.4 Å². The van der Waals surface area contributed by atoms with Gasteiger partial charge in [0.25, 0.3) is 0 Å². The standard InChI is InChI=1S/C17H27N/c1-3-18-13-14(2)11-12-16-9-6-8-15-7-4-5-10-17(15)16/h4-5,7,10,14,16,18H,3,6,8-9,11-13H2,1-2H3. The second-order valence-corrected chi connectivity index (χ2v) is 5.78. The molecule has 0 radical (unpaired) electrons. The van der Waals surface area contributed by atoms with Crippen LogP contribution in [0.5, 0.6) is 0 Å². The van der Waals surface area contributed by atoms with Gasteiger partial charge in [0.1, 0.15) is 0 Å². The Kier molecular flexibility index (Phi) is 5.25. The Balaban J connectivity index is 1.87. The molecule has 1 nitrogen and oxygen atoms in total. The average Bonchev–Trinajstić information content (AvgIpc) is 2.42. The fourth-order valence-electron chi connectivity index (χ4n) is 3.13. The number of nitrogens with one attached hydrogen (secondary N) is 1. The smallest absolute Gasteiger partial charge is 0.00233 e. The van der Waals surface area contributed by atoms with Gasteiger partial charge in [0.15, 0.2) is 0 Å². The number of aryl methyl sites for hydroxylation is 1. The van der Waals surface area contributed by atoms with E-state index >= 15 is 0 Å². The first kappa shape index (κ1) is 13.6. The lowest BCUT2D eigenvalue weighted by Gasteiger charge is -2.26. The molecule has 0 aliphatic heterocycles. The highest BCUT2D eigenvalue weighted by molar-refractivity contribution is 5.32. The lowest BCUT2D eigenvalue weighted by Crippen LogP contribution is -2.21. The highest BCUT2D eigenvalue weighted by atomic mass is 14.8. The predicted octanol–water partition coefficient (Wildman–Crippen LogP) is 4.13. The maximum Gasteiger partial charge on any atom is -0.00233 e. The van der Waals surface area contributed by atoms with Gasteiger partial charge in [-0.15, -0.1) is 0 Å². The fourth-order valence-corrected chi connectivity index (χ4v) is 3.13. The third-order valence-corrected chi connectivity index (χ3v) is 4.24. The molecule has 2 unspecified atom stereocenters. The van der Waals surface area contributed by atoms with E-state index in [0.29, 0.717) is 0 Å². The number of benzene rings is 1. The van der Waals surface area contributed by atoms with Crippen molar-refractivity contribution in [2.45, 2.75) is 51.9 Å². The zero-order valence-corrected chi connectivity index (χ0v) is 11.9. The zero-order chi connectivity index (χ0) is 12.8. The Morgan fingerprint density at radius 3 is 3.00 bits per heavy atom. The number of rotatable bonds is 6. The highest BCUT2D eigenvalue weighted by Crippen LogP contribution is 2.35. The van der Waals surface area contributed by atoms with Crippen LogP contribution in [0.1, 0.15) is 56.6 Å². The molecule has 0 heterocycles. The summed E-state index contributed by atoms with van der Waals surface area (Å²) < 4.78 is 0. The Bertz CT molecular complexity index is 358. The Hall–Kier alpha value is -0.820. The van der Waals surface area contributed by atoms with Crippen LogP contribution in [0.25, 0.3) is 0 Å². The minimum atomic E-state index is 0.805. The normalized spacial score (nSPS) is 20.4. The van der Waals surface area contributed by atoms with Crippen LogP contribution in [-0.2, 0) is 6.42 Å². The van der Waals surface area contributed by atoms with E-state index in [1.165, 1.54) is 38.6 Å². The van der Waals surface area contributed by atoms with E-state index in [9.17, 15) is 0 Å². The average molecular weight is 245 g/mol. The van der Waals surface area contributed by atoms with E-state index in [1.54, 1.807) is 11.1 Å². The van der Waals surface area contributed by atoms with Crippen molar-refractivity contribution >= 4 is 0 Å². The van der Waals surface area contributed by atoms with Crippen LogP contribution < -0.4 is 5.32 Å². The van der Waals surface area contributed by atoms with Crippen molar-refractivity contribution in [1.82, 2.24) is 5.32 Å². The van der Waals surface area contributed by atoms with Crippen LogP contribution >= 0.6 is 0 Å². The molecule has 0 bridgehead atoms. The van der Waals surface area contributed by atoms with Crippen LogP contribution in [0, 0.1) is 5.92 Å². The van der Waals surface area contributed by atoms with Crippen molar-refractivity contribution in [3.8, 4) is 0 Å².